The van der Waals surface area contributed by atoms with E-state index < -0.39 is 12.0 Å². The van der Waals surface area contributed by atoms with E-state index in [-0.39, 0.29) is 22.8 Å². The molecule has 0 atom stereocenters. The minimum Gasteiger partial charge on any atom is -0.321 e. The fourth-order valence-corrected chi connectivity index (χ4v) is 3.22. The van der Waals surface area contributed by atoms with Crippen molar-refractivity contribution in [1.29, 1.82) is 0 Å². The van der Waals surface area contributed by atoms with E-state index in [0.29, 0.717) is 16.3 Å². The van der Waals surface area contributed by atoms with Crippen LogP contribution in [0.3, 0.4) is 0 Å². The molecule has 4 rings (SSSR count). The van der Waals surface area contributed by atoms with Gasteiger partial charge in [0.1, 0.15) is 10.4 Å². The van der Waals surface area contributed by atoms with E-state index in [4.69, 9.17) is 0 Å². The number of benzene rings is 1. The number of anilines is 1. The molecule has 28 heavy (non-hydrogen) atoms. The summed E-state index contributed by atoms with van der Waals surface area (Å²) < 4.78 is 45.0. The standard InChI is InChI=1S/C17H11F3N6OS/c1-9-13(28-25-24-9)15(27)22-10-4-6-11(7-5-10)26-14-12(3-2-8-21-14)23-16(26)17(18,19)20/h2-8H,1H3,(H,22,27). The van der Waals surface area contributed by atoms with Gasteiger partial charge < -0.3 is 5.32 Å². The number of hydrogen-bond donors (Lipinski definition) is 1. The molecule has 0 fully saturated rings. The summed E-state index contributed by atoms with van der Waals surface area (Å²) in [6.07, 6.45) is -3.25. The van der Waals surface area contributed by atoms with Crippen LogP contribution in [-0.4, -0.2) is 30.0 Å². The molecule has 0 aliphatic rings. The summed E-state index contributed by atoms with van der Waals surface area (Å²) in [6, 6.07) is 8.91. The van der Waals surface area contributed by atoms with Gasteiger partial charge in [0, 0.05) is 17.6 Å². The number of aromatic nitrogens is 5. The molecule has 0 saturated heterocycles. The van der Waals surface area contributed by atoms with Crippen molar-refractivity contribution in [2.45, 2.75) is 13.1 Å². The summed E-state index contributed by atoms with van der Waals surface area (Å²) in [4.78, 5) is 20.3. The van der Waals surface area contributed by atoms with Gasteiger partial charge in [-0.05, 0) is 54.9 Å². The molecule has 3 aromatic heterocycles. The topological polar surface area (TPSA) is 85.6 Å². The number of carbonyl (C=O) groups excluding carboxylic acids is 1. The predicted molar refractivity (Wildman–Crippen MR) is 96.5 cm³/mol. The van der Waals surface area contributed by atoms with Crippen LogP contribution in [0.1, 0.15) is 21.2 Å². The molecule has 7 nitrogen and oxygen atoms in total. The maximum absolute atomic E-state index is 13.4. The van der Waals surface area contributed by atoms with Crippen LogP contribution in [0.2, 0.25) is 0 Å². The monoisotopic (exact) mass is 404 g/mol. The maximum atomic E-state index is 13.4. The number of hydrogen-bond acceptors (Lipinski definition) is 6. The van der Waals surface area contributed by atoms with Crippen molar-refractivity contribution >= 4 is 34.3 Å². The largest absolute Gasteiger partial charge is 0.450 e. The van der Waals surface area contributed by atoms with Gasteiger partial charge in [-0.2, -0.15) is 13.2 Å². The Hall–Kier alpha value is -3.34. The van der Waals surface area contributed by atoms with E-state index in [9.17, 15) is 18.0 Å². The van der Waals surface area contributed by atoms with Gasteiger partial charge in [0.2, 0.25) is 5.82 Å². The highest BCUT2D eigenvalue weighted by Crippen LogP contribution is 2.33. The summed E-state index contributed by atoms with van der Waals surface area (Å²) in [5.41, 5.74) is 1.39. The molecular formula is C17H11F3N6OS. The number of aryl methyl sites for hydroxylation is 1. The second kappa shape index (κ2) is 6.68. The number of imidazole rings is 1. The molecule has 4 aromatic rings. The summed E-state index contributed by atoms with van der Waals surface area (Å²) in [5.74, 6) is -1.45. The smallest absolute Gasteiger partial charge is 0.321 e. The predicted octanol–water partition coefficient (Wildman–Crippen LogP) is 3.85. The third-order valence-corrected chi connectivity index (χ3v) is 4.74. The van der Waals surface area contributed by atoms with E-state index in [0.717, 1.165) is 16.1 Å². The van der Waals surface area contributed by atoms with E-state index >= 15 is 0 Å². The van der Waals surface area contributed by atoms with E-state index in [1.54, 1.807) is 6.92 Å². The van der Waals surface area contributed by atoms with Gasteiger partial charge >= 0.3 is 6.18 Å². The first-order valence-electron chi connectivity index (χ1n) is 7.96. The van der Waals surface area contributed by atoms with Crippen LogP contribution in [0.4, 0.5) is 18.9 Å². The molecule has 11 heteroatoms. The molecule has 0 spiro atoms. The molecule has 0 saturated carbocycles. The highest BCUT2D eigenvalue weighted by Gasteiger charge is 2.38. The summed E-state index contributed by atoms with van der Waals surface area (Å²) >= 11 is 0.965. The van der Waals surface area contributed by atoms with Crippen molar-refractivity contribution in [1.82, 2.24) is 24.1 Å². The average Bonchev–Trinajstić information content (AvgIpc) is 3.26. The van der Waals surface area contributed by atoms with Crippen molar-refractivity contribution in [3.63, 3.8) is 0 Å². The van der Waals surface area contributed by atoms with Gasteiger partial charge in [0.25, 0.3) is 5.91 Å². The van der Waals surface area contributed by atoms with Crippen molar-refractivity contribution in [3.8, 4) is 5.69 Å². The zero-order chi connectivity index (χ0) is 19.9. The van der Waals surface area contributed by atoms with Crippen LogP contribution in [0, 0.1) is 6.92 Å². The van der Waals surface area contributed by atoms with Gasteiger partial charge in [-0.1, -0.05) is 4.49 Å². The number of pyridine rings is 1. The van der Waals surface area contributed by atoms with Crippen LogP contribution in [0.15, 0.2) is 42.6 Å². The molecule has 0 aliphatic heterocycles. The number of rotatable bonds is 3. The van der Waals surface area contributed by atoms with Gasteiger partial charge in [-0.3, -0.25) is 9.36 Å². The maximum Gasteiger partial charge on any atom is 0.450 e. The third-order valence-electron chi connectivity index (χ3n) is 3.91. The van der Waals surface area contributed by atoms with Crippen LogP contribution < -0.4 is 5.32 Å². The third kappa shape index (κ3) is 3.20. The highest BCUT2D eigenvalue weighted by molar-refractivity contribution is 7.08. The second-order valence-electron chi connectivity index (χ2n) is 5.80. The minimum atomic E-state index is -4.65. The molecule has 1 N–H and O–H groups in total. The zero-order valence-electron chi connectivity index (χ0n) is 14.2. The van der Waals surface area contributed by atoms with Crippen LogP contribution in [-0.2, 0) is 6.18 Å². The first kappa shape index (κ1) is 18.0. The number of nitrogens with one attached hydrogen (secondary N) is 1. The zero-order valence-corrected chi connectivity index (χ0v) is 15.0. The number of fused-ring (bicyclic) bond motifs is 1. The first-order valence-corrected chi connectivity index (χ1v) is 8.73. The lowest BCUT2D eigenvalue weighted by atomic mass is 10.2. The summed E-state index contributed by atoms with van der Waals surface area (Å²) in [7, 11) is 0. The van der Waals surface area contributed by atoms with E-state index in [2.05, 4.69) is 24.9 Å². The van der Waals surface area contributed by atoms with E-state index in [1.165, 1.54) is 42.6 Å². The number of nitrogens with zero attached hydrogens (tertiary/aromatic N) is 5. The molecular weight excluding hydrogens is 393 g/mol. The number of halogens is 3. The Morgan fingerprint density at radius 1 is 1.18 bits per heavy atom. The Morgan fingerprint density at radius 3 is 2.57 bits per heavy atom. The van der Waals surface area contributed by atoms with Crippen molar-refractivity contribution in [2.24, 2.45) is 0 Å². The molecule has 0 aliphatic carbocycles. The van der Waals surface area contributed by atoms with Crippen LogP contribution in [0.25, 0.3) is 16.9 Å². The molecule has 0 radical (unpaired) electrons. The lowest BCUT2D eigenvalue weighted by Crippen LogP contribution is -2.14. The first-order chi connectivity index (χ1) is 13.3. The Bertz CT molecular complexity index is 1170. The average molecular weight is 404 g/mol. The van der Waals surface area contributed by atoms with Crippen LogP contribution >= 0.6 is 11.5 Å². The van der Waals surface area contributed by atoms with E-state index in [1.807, 2.05) is 0 Å². The molecule has 0 bridgehead atoms. The Morgan fingerprint density at radius 2 is 1.93 bits per heavy atom. The van der Waals surface area contributed by atoms with Crippen molar-refractivity contribution in [2.75, 3.05) is 5.32 Å². The molecule has 142 valence electrons. The Balaban J connectivity index is 1.70. The highest BCUT2D eigenvalue weighted by atomic mass is 32.1. The molecule has 0 unspecified atom stereocenters. The lowest BCUT2D eigenvalue weighted by Gasteiger charge is -2.12. The van der Waals surface area contributed by atoms with Gasteiger partial charge in [0.05, 0.1) is 5.69 Å². The summed E-state index contributed by atoms with van der Waals surface area (Å²) in [5, 5.41) is 6.44. The van der Waals surface area contributed by atoms with Crippen molar-refractivity contribution in [3.05, 3.63) is 59.0 Å². The number of carbonyl (C=O) groups is 1. The van der Waals surface area contributed by atoms with Gasteiger partial charge in [-0.25, -0.2) is 9.97 Å². The lowest BCUT2D eigenvalue weighted by molar-refractivity contribution is -0.145. The normalized spacial score (nSPS) is 11.7. The summed E-state index contributed by atoms with van der Waals surface area (Å²) in [6.45, 7) is 1.66. The quantitative estimate of drug-likeness (QED) is 0.561. The number of alkyl halides is 3. The van der Waals surface area contributed by atoms with Crippen LogP contribution in [0.5, 0.6) is 0 Å². The Labute approximate surface area is 160 Å². The van der Waals surface area contributed by atoms with Crippen molar-refractivity contribution < 1.29 is 18.0 Å². The molecule has 1 amide bonds. The molecule has 1 aromatic carbocycles. The van der Waals surface area contributed by atoms with Gasteiger partial charge in [-0.15, -0.1) is 5.10 Å². The number of amides is 1. The SMILES string of the molecule is Cc1nnsc1C(=O)Nc1ccc(-n2c(C(F)(F)F)nc3cccnc32)cc1. The van der Waals surface area contributed by atoms with Gasteiger partial charge in [0.15, 0.2) is 5.65 Å². The second-order valence-corrected chi connectivity index (χ2v) is 6.56. The minimum absolute atomic E-state index is 0.0953. The fraction of sp³-hybridized carbons (Fsp3) is 0.118. The Kier molecular flexibility index (Phi) is 4.30. The fourth-order valence-electron chi connectivity index (χ4n) is 2.67. The molecule has 3 heterocycles.